The van der Waals surface area contributed by atoms with Gasteiger partial charge in [-0.1, -0.05) is 18.2 Å². The molecule has 7 nitrogen and oxygen atoms in total. The van der Waals surface area contributed by atoms with Crippen molar-refractivity contribution in [1.29, 1.82) is 5.26 Å². The van der Waals surface area contributed by atoms with Gasteiger partial charge >= 0.3 is 5.97 Å². The van der Waals surface area contributed by atoms with Gasteiger partial charge in [0.15, 0.2) is 0 Å². The summed E-state index contributed by atoms with van der Waals surface area (Å²) in [6.45, 7) is 3.83. The molecule has 2 aromatic heterocycles. The number of aromatic nitrogens is 2. The van der Waals surface area contributed by atoms with E-state index in [0.717, 1.165) is 24.3 Å². The second-order valence-corrected chi connectivity index (χ2v) is 6.03. The van der Waals surface area contributed by atoms with Crippen LogP contribution in [0.4, 0.5) is 0 Å². The van der Waals surface area contributed by atoms with Gasteiger partial charge in [-0.2, -0.15) is 10.2 Å². The van der Waals surface area contributed by atoms with Crippen molar-refractivity contribution in [1.82, 2.24) is 9.38 Å². The summed E-state index contributed by atoms with van der Waals surface area (Å²) in [5.74, 6) is -0.322. The van der Waals surface area contributed by atoms with E-state index >= 15 is 0 Å². The second kappa shape index (κ2) is 7.76. The summed E-state index contributed by atoms with van der Waals surface area (Å²) in [5, 5.41) is 9.26. The zero-order valence-corrected chi connectivity index (χ0v) is 15.6. The number of rotatable bonds is 4. The third-order valence-corrected chi connectivity index (χ3v) is 4.31. The maximum absolute atomic E-state index is 13.0. The van der Waals surface area contributed by atoms with Crippen molar-refractivity contribution in [3.05, 3.63) is 75.2 Å². The molecule has 0 aliphatic heterocycles. The molecule has 28 heavy (non-hydrogen) atoms. The number of fused-ring (bicyclic) bond motifs is 1. The van der Waals surface area contributed by atoms with Crippen LogP contribution in [-0.2, 0) is 9.53 Å². The SMILES string of the molecule is COC(=O)C(C#N)=Cc1c(Oc2cccc(C)c2C)nc2ccccn2c1=O. The molecule has 0 spiro atoms. The standard InChI is InChI=1S/C21H17N3O4/c1-13-7-6-8-17(14(13)2)28-19-16(11-15(12-22)21(26)27-3)20(25)24-10-5-4-9-18(24)23-19/h4-11H,1-3H3. The molecule has 0 fully saturated rings. The monoisotopic (exact) mass is 375 g/mol. The fourth-order valence-corrected chi connectivity index (χ4v) is 2.61. The number of ether oxygens (including phenoxy) is 2. The minimum Gasteiger partial charge on any atom is -0.465 e. The Labute approximate surface area is 161 Å². The Balaban J connectivity index is 2.27. The highest BCUT2D eigenvalue weighted by molar-refractivity contribution is 5.98. The Morgan fingerprint density at radius 1 is 1.21 bits per heavy atom. The summed E-state index contributed by atoms with van der Waals surface area (Å²) in [4.78, 5) is 29.2. The third-order valence-electron chi connectivity index (χ3n) is 4.31. The van der Waals surface area contributed by atoms with Gasteiger partial charge in [0.05, 0.1) is 7.11 Å². The summed E-state index contributed by atoms with van der Waals surface area (Å²) >= 11 is 0. The third kappa shape index (κ3) is 3.48. The fourth-order valence-electron chi connectivity index (χ4n) is 2.61. The van der Waals surface area contributed by atoms with E-state index in [1.165, 1.54) is 4.40 Å². The first-order valence-electron chi connectivity index (χ1n) is 8.42. The maximum atomic E-state index is 13.0. The molecule has 0 unspecified atom stereocenters. The van der Waals surface area contributed by atoms with Gasteiger partial charge in [0.25, 0.3) is 5.56 Å². The van der Waals surface area contributed by atoms with E-state index in [0.29, 0.717) is 11.4 Å². The van der Waals surface area contributed by atoms with E-state index in [2.05, 4.69) is 9.72 Å². The van der Waals surface area contributed by atoms with Crippen molar-refractivity contribution >= 4 is 17.7 Å². The van der Waals surface area contributed by atoms with Crippen LogP contribution in [0.2, 0.25) is 0 Å². The van der Waals surface area contributed by atoms with Gasteiger partial charge in [0.2, 0.25) is 5.88 Å². The minimum atomic E-state index is -0.849. The number of nitriles is 1. The van der Waals surface area contributed by atoms with Gasteiger partial charge in [-0.25, -0.2) is 4.79 Å². The van der Waals surface area contributed by atoms with Crippen LogP contribution in [0, 0.1) is 25.2 Å². The van der Waals surface area contributed by atoms with Crippen LogP contribution in [0.25, 0.3) is 11.7 Å². The number of hydrogen-bond acceptors (Lipinski definition) is 6. The largest absolute Gasteiger partial charge is 0.465 e. The zero-order chi connectivity index (χ0) is 20.3. The Hall–Kier alpha value is -3.92. The van der Waals surface area contributed by atoms with Crippen molar-refractivity contribution in [2.45, 2.75) is 13.8 Å². The van der Waals surface area contributed by atoms with Gasteiger partial charge in [-0.15, -0.1) is 0 Å². The van der Waals surface area contributed by atoms with Crippen LogP contribution in [0.3, 0.4) is 0 Å². The smallest absolute Gasteiger partial charge is 0.348 e. The predicted molar refractivity (Wildman–Crippen MR) is 103 cm³/mol. The van der Waals surface area contributed by atoms with Crippen LogP contribution < -0.4 is 10.3 Å². The first-order valence-corrected chi connectivity index (χ1v) is 8.42. The number of nitrogens with zero attached hydrogens (tertiary/aromatic N) is 3. The summed E-state index contributed by atoms with van der Waals surface area (Å²) in [6.07, 6.45) is 2.69. The minimum absolute atomic E-state index is 0.00144. The number of esters is 1. The number of aryl methyl sites for hydroxylation is 1. The number of carbonyl (C=O) groups excluding carboxylic acids is 1. The molecule has 0 amide bonds. The summed E-state index contributed by atoms with van der Waals surface area (Å²) in [5.41, 5.74) is 1.46. The normalized spacial score (nSPS) is 11.1. The zero-order valence-electron chi connectivity index (χ0n) is 15.6. The molecule has 0 saturated heterocycles. The van der Waals surface area contributed by atoms with Crippen LogP contribution >= 0.6 is 0 Å². The van der Waals surface area contributed by atoms with E-state index < -0.39 is 11.5 Å². The predicted octanol–water partition coefficient (Wildman–Crippen LogP) is 3.18. The molecule has 3 aromatic rings. The van der Waals surface area contributed by atoms with E-state index in [1.54, 1.807) is 36.5 Å². The van der Waals surface area contributed by atoms with E-state index in [-0.39, 0.29) is 17.0 Å². The molecule has 0 radical (unpaired) electrons. The van der Waals surface area contributed by atoms with Crippen molar-refractivity contribution < 1.29 is 14.3 Å². The van der Waals surface area contributed by atoms with Gasteiger partial charge in [0.1, 0.15) is 28.6 Å². The Morgan fingerprint density at radius 2 is 2.00 bits per heavy atom. The van der Waals surface area contributed by atoms with Crippen molar-refractivity contribution in [2.24, 2.45) is 0 Å². The van der Waals surface area contributed by atoms with Crippen LogP contribution in [0.5, 0.6) is 11.6 Å². The lowest BCUT2D eigenvalue weighted by atomic mass is 10.1. The second-order valence-electron chi connectivity index (χ2n) is 6.03. The summed E-state index contributed by atoms with van der Waals surface area (Å²) in [7, 11) is 1.16. The average molecular weight is 375 g/mol. The van der Waals surface area contributed by atoms with Crippen molar-refractivity contribution in [3.63, 3.8) is 0 Å². The molecule has 7 heteroatoms. The van der Waals surface area contributed by atoms with Crippen LogP contribution in [-0.4, -0.2) is 22.5 Å². The van der Waals surface area contributed by atoms with E-state index in [9.17, 15) is 14.9 Å². The summed E-state index contributed by atoms with van der Waals surface area (Å²) in [6, 6.07) is 12.4. The molecule has 0 bridgehead atoms. The number of methoxy groups -OCH3 is 1. The first-order chi connectivity index (χ1) is 13.5. The van der Waals surface area contributed by atoms with Crippen LogP contribution in [0.1, 0.15) is 16.7 Å². The number of benzene rings is 1. The Kier molecular flexibility index (Phi) is 5.23. The lowest BCUT2D eigenvalue weighted by molar-refractivity contribution is -0.135. The molecule has 0 saturated carbocycles. The molecular weight excluding hydrogens is 358 g/mol. The first kappa shape index (κ1) is 18.9. The average Bonchev–Trinajstić information content (AvgIpc) is 2.71. The Morgan fingerprint density at radius 3 is 2.71 bits per heavy atom. The van der Waals surface area contributed by atoms with Gasteiger partial charge in [-0.3, -0.25) is 9.20 Å². The molecule has 0 aliphatic carbocycles. The van der Waals surface area contributed by atoms with Gasteiger partial charge < -0.3 is 9.47 Å². The topological polar surface area (TPSA) is 93.7 Å². The highest BCUT2D eigenvalue weighted by Crippen LogP contribution is 2.28. The van der Waals surface area contributed by atoms with Gasteiger partial charge in [-0.05, 0) is 49.2 Å². The highest BCUT2D eigenvalue weighted by Gasteiger charge is 2.18. The van der Waals surface area contributed by atoms with E-state index in [4.69, 9.17) is 4.74 Å². The Bertz CT molecular complexity index is 1200. The molecule has 1 aromatic carbocycles. The molecule has 0 atom stereocenters. The van der Waals surface area contributed by atoms with Gasteiger partial charge in [0, 0.05) is 6.20 Å². The quantitative estimate of drug-likeness (QED) is 0.395. The summed E-state index contributed by atoms with van der Waals surface area (Å²) < 4.78 is 11.8. The molecule has 2 heterocycles. The van der Waals surface area contributed by atoms with Crippen molar-refractivity contribution in [2.75, 3.05) is 7.11 Å². The molecule has 3 rings (SSSR count). The molecule has 0 aliphatic rings. The van der Waals surface area contributed by atoms with Crippen LogP contribution in [0.15, 0.2) is 53.0 Å². The molecule has 0 N–H and O–H groups in total. The highest BCUT2D eigenvalue weighted by atomic mass is 16.5. The number of carbonyl (C=O) groups is 1. The number of hydrogen-bond donors (Lipinski definition) is 0. The lowest BCUT2D eigenvalue weighted by Gasteiger charge is -2.13. The fraction of sp³-hybridized carbons (Fsp3) is 0.143. The molecular formula is C21H17N3O4. The maximum Gasteiger partial charge on any atom is 0.348 e. The lowest BCUT2D eigenvalue weighted by Crippen LogP contribution is -2.19. The van der Waals surface area contributed by atoms with E-state index in [1.807, 2.05) is 26.0 Å². The van der Waals surface area contributed by atoms with Crippen molar-refractivity contribution in [3.8, 4) is 17.7 Å². The molecule has 140 valence electrons. The number of pyridine rings is 1.